The molecule has 0 radical (unpaired) electrons. The minimum atomic E-state index is -0.365. The van der Waals surface area contributed by atoms with Crippen molar-refractivity contribution in [2.24, 2.45) is 7.05 Å². The third kappa shape index (κ3) is 2.93. The van der Waals surface area contributed by atoms with Gasteiger partial charge in [0.25, 0.3) is 5.56 Å². The normalized spacial score (nSPS) is 13.1. The number of aryl methyl sites for hydroxylation is 2. The van der Waals surface area contributed by atoms with Crippen LogP contribution in [0.4, 0.5) is 0 Å². The van der Waals surface area contributed by atoms with Gasteiger partial charge in [-0.2, -0.15) is 4.98 Å². The van der Waals surface area contributed by atoms with Gasteiger partial charge in [0.05, 0.1) is 0 Å². The summed E-state index contributed by atoms with van der Waals surface area (Å²) in [6.45, 7) is 8.50. The van der Waals surface area contributed by atoms with E-state index in [1.54, 1.807) is 7.05 Å². The van der Waals surface area contributed by atoms with Crippen LogP contribution in [0.15, 0.2) is 46.0 Å². The van der Waals surface area contributed by atoms with Crippen LogP contribution in [-0.2, 0) is 13.6 Å². The Morgan fingerprint density at radius 3 is 2.47 bits per heavy atom. The number of allylic oxidation sites excluding steroid dienone is 1. The molecule has 0 bridgehead atoms. The maximum absolute atomic E-state index is 13.4. The summed E-state index contributed by atoms with van der Waals surface area (Å²) in [6.07, 6.45) is 4.70. The highest BCUT2D eigenvalue weighted by Gasteiger charge is 2.23. The maximum atomic E-state index is 13.4. The molecule has 7 heteroatoms. The molecule has 3 heterocycles. The maximum Gasteiger partial charge on any atom is 0.332 e. The number of benzene rings is 1. The summed E-state index contributed by atoms with van der Waals surface area (Å²) in [5, 5.41) is 0. The van der Waals surface area contributed by atoms with Gasteiger partial charge >= 0.3 is 5.69 Å². The Labute approximate surface area is 174 Å². The highest BCUT2D eigenvalue weighted by molar-refractivity contribution is 5.76. The Morgan fingerprint density at radius 2 is 1.80 bits per heavy atom. The van der Waals surface area contributed by atoms with Gasteiger partial charge < -0.3 is 4.57 Å². The fraction of sp³-hybridized carbons (Fsp3) is 0.348. The van der Waals surface area contributed by atoms with Crippen molar-refractivity contribution in [1.29, 1.82) is 0 Å². The van der Waals surface area contributed by atoms with E-state index in [0.717, 1.165) is 23.4 Å². The fourth-order valence-electron chi connectivity index (χ4n) is 4.00. The second-order valence-electron chi connectivity index (χ2n) is 7.79. The molecule has 4 aromatic rings. The molecule has 3 aromatic heterocycles. The number of fused-ring (bicyclic) bond motifs is 3. The molecule has 1 aromatic carbocycles. The number of imidazole rings is 2. The largest absolute Gasteiger partial charge is 0.332 e. The van der Waals surface area contributed by atoms with Gasteiger partial charge in [-0.1, -0.05) is 49.4 Å². The average Bonchev–Trinajstić information content (AvgIpc) is 3.25. The summed E-state index contributed by atoms with van der Waals surface area (Å²) in [5.74, 6) is 0.707. The van der Waals surface area contributed by atoms with Crippen molar-refractivity contribution in [2.75, 3.05) is 0 Å². The molecular weight excluding hydrogens is 378 g/mol. The molecule has 156 valence electrons. The monoisotopic (exact) mass is 405 g/mol. The standard InChI is InChI=1S/C23H27N5O2/c1-6-15(2)27-16(3)17(4)28-19-20(24-22(27)28)25(5)23(30)26(21(19)29)14-10-13-18-11-8-7-9-12-18/h7-13,15H,6,14H2,1-5H3/b13-10+/t15-/m1/s1. The first-order valence-electron chi connectivity index (χ1n) is 10.3. The van der Waals surface area contributed by atoms with Crippen LogP contribution in [0.2, 0.25) is 0 Å². The van der Waals surface area contributed by atoms with E-state index in [1.165, 1.54) is 9.13 Å². The minimum Gasteiger partial charge on any atom is -0.311 e. The van der Waals surface area contributed by atoms with Gasteiger partial charge in [-0.3, -0.25) is 18.3 Å². The van der Waals surface area contributed by atoms with E-state index < -0.39 is 0 Å². The zero-order chi connectivity index (χ0) is 21.6. The Morgan fingerprint density at radius 1 is 1.10 bits per heavy atom. The van der Waals surface area contributed by atoms with E-state index in [4.69, 9.17) is 4.98 Å². The van der Waals surface area contributed by atoms with Gasteiger partial charge in [-0.05, 0) is 32.8 Å². The summed E-state index contributed by atoms with van der Waals surface area (Å²) >= 11 is 0. The lowest BCUT2D eigenvalue weighted by molar-refractivity contribution is 0.532. The average molecular weight is 406 g/mol. The molecule has 0 saturated heterocycles. The molecule has 0 aliphatic carbocycles. The van der Waals surface area contributed by atoms with Crippen molar-refractivity contribution in [3.8, 4) is 0 Å². The Kier molecular flexibility index (Phi) is 4.97. The number of aromatic nitrogens is 5. The van der Waals surface area contributed by atoms with Crippen LogP contribution < -0.4 is 11.2 Å². The predicted molar refractivity (Wildman–Crippen MR) is 120 cm³/mol. The molecular formula is C23H27N5O2. The third-order valence-electron chi connectivity index (χ3n) is 5.99. The number of hydrogen-bond acceptors (Lipinski definition) is 3. The molecule has 4 rings (SSSR count). The van der Waals surface area contributed by atoms with Gasteiger partial charge in [0.2, 0.25) is 5.78 Å². The summed E-state index contributed by atoms with van der Waals surface area (Å²) in [7, 11) is 1.67. The zero-order valence-electron chi connectivity index (χ0n) is 18.1. The Balaban J connectivity index is 1.94. The first kappa shape index (κ1) is 19.9. The highest BCUT2D eigenvalue weighted by Crippen LogP contribution is 2.25. The van der Waals surface area contributed by atoms with Crippen molar-refractivity contribution in [3.63, 3.8) is 0 Å². The van der Waals surface area contributed by atoms with Crippen LogP contribution in [0, 0.1) is 13.8 Å². The van der Waals surface area contributed by atoms with Crippen molar-refractivity contribution >= 4 is 23.0 Å². The van der Waals surface area contributed by atoms with E-state index >= 15 is 0 Å². The van der Waals surface area contributed by atoms with E-state index in [2.05, 4.69) is 18.4 Å². The first-order valence-corrected chi connectivity index (χ1v) is 10.3. The molecule has 0 fully saturated rings. The lowest BCUT2D eigenvalue weighted by Crippen LogP contribution is -2.39. The molecule has 30 heavy (non-hydrogen) atoms. The lowest BCUT2D eigenvalue weighted by atomic mass is 10.2. The molecule has 0 amide bonds. The molecule has 1 atom stereocenters. The number of hydrogen-bond donors (Lipinski definition) is 0. The number of nitrogens with zero attached hydrogens (tertiary/aromatic N) is 5. The highest BCUT2D eigenvalue weighted by atomic mass is 16.2. The summed E-state index contributed by atoms with van der Waals surface area (Å²) in [6, 6.07) is 10.0. The summed E-state index contributed by atoms with van der Waals surface area (Å²) in [4.78, 5) is 31.0. The minimum absolute atomic E-state index is 0.202. The quantitative estimate of drug-likeness (QED) is 0.511. The van der Waals surface area contributed by atoms with Crippen molar-refractivity contribution in [1.82, 2.24) is 23.1 Å². The molecule has 0 spiro atoms. The second-order valence-corrected chi connectivity index (χ2v) is 7.79. The summed E-state index contributed by atoms with van der Waals surface area (Å²) in [5.41, 5.74) is 3.25. The Bertz CT molecular complexity index is 1380. The topological polar surface area (TPSA) is 66.2 Å². The summed E-state index contributed by atoms with van der Waals surface area (Å²) < 4.78 is 6.79. The zero-order valence-corrected chi connectivity index (χ0v) is 18.1. The molecule has 0 saturated carbocycles. The molecule has 7 nitrogen and oxygen atoms in total. The van der Waals surface area contributed by atoms with Gasteiger partial charge in [0, 0.05) is 31.0 Å². The van der Waals surface area contributed by atoms with E-state index in [1.807, 2.05) is 60.7 Å². The first-order chi connectivity index (χ1) is 14.4. The van der Waals surface area contributed by atoms with Gasteiger partial charge in [0.1, 0.15) is 0 Å². The van der Waals surface area contributed by atoms with Gasteiger partial charge in [0.15, 0.2) is 11.2 Å². The van der Waals surface area contributed by atoms with Crippen LogP contribution in [-0.4, -0.2) is 23.1 Å². The van der Waals surface area contributed by atoms with Gasteiger partial charge in [-0.25, -0.2) is 4.79 Å². The van der Waals surface area contributed by atoms with Crippen molar-refractivity contribution in [2.45, 2.75) is 46.7 Å². The van der Waals surface area contributed by atoms with Crippen LogP contribution in [0.3, 0.4) is 0 Å². The van der Waals surface area contributed by atoms with Crippen LogP contribution in [0.1, 0.15) is 43.3 Å². The second kappa shape index (κ2) is 7.48. The van der Waals surface area contributed by atoms with E-state index in [9.17, 15) is 9.59 Å². The molecule has 0 unspecified atom stereocenters. The smallest absolute Gasteiger partial charge is 0.311 e. The predicted octanol–water partition coefficient (Wildman–Crippen LogP) is 3.45. The lowest BCUT2D eigenvalue weighted by Gasteiger charge is -2.13. The molecule has 0 N–H and O–H groups in total. The van der Waals surface area contributed by atoms with Crippen LogP contribution >= 0.6 is 0 Å². The van der Waals surface area contributed by atoms with E-state index in [0.29, 0.717) is 16.9 Å². The third-order valence-corrected chi connectivity index (χ3v) is 5.99. The van der Waals surface area contributed by atoms with Crippen molar-refractivity contribution in [3.05, 3.63) is 74.2 Å². The SMILES string of the molecule is CC[C@@H](C)n1c(C)c(C)n2c3c(=O)n(C/C=C/c4ccccc4)c(=O)n(C)c3nc12. The van der Waals surface area contributed by atoms with Crippen LogP contribution in [0.25, 0.3) is 23.0 Å². The van der Waals surface area contributed by atoms with Crippen LogP contribution in [0.5, 0.6) is 0 Å². The van der Waals surface area contributed by atoms with E-state index in [-0.39, 0.29) is 23.8 Å². The van der Waals surface area contributed by atoms with Crippen molar-refractivity contribution < 1.29 is 0 Å². The fourth-order valence-corrected chi connectivity index (χ4v) is 4.00. The Hall–Kier alpha value is -3.35. The van der Waals surface area contributed by atoms with Gasteiger partial charge in [-0.15, -0.1) is 0 Å². The molecule has 0 aliphatic heterocycles. The molecule has 0 aliphatic rings. The number of rotatable bonds is 5.